The van der Waals surface area contributed by atoms with Gasteiger partial charge in [-0.3, -0.25) is 4.79 Å². The second-order valence-electron chi connectivity index (χ2n) is 4.92. The summed E-state index contributed by atoms with van der Waals surface area (Å²) in [5.41, 5.74) is 1.88. The molecule has 1 aliphatic rings. The summed E-state index contributed by atoms with van der Waals surface area (Å²) in [6.45, 7) is 0.560. The van der Waals surface area contributed by atoms with Crippen LogP contribution >= 0.6 is 11.8 Å². The molecule has 0 saturated carbocycles. The minimum Gasteiger partial charge on any atom is -0.486 e. The Morgan fingerprint density at radius 3 is 2.36 bits per heavy atom. The number of benzene rings is 2. The van der Waals surface area contributed by atoms with Gasteiger partial charge in [-0.05, 0) is 17.7 Å². The standard InChI is InChI=1S/C18H17NO2S/c1-19(15-10-6-3-7-11-15)18(20)16-17(22-13-12-21-16)14-8-4-2-5-9-14/h2-11H,12-13H2,1H3. The average molecular weight is 311 g/mol. The Hall–Kier alpha value is -2.20. The van der Waals surface area contributed by atoms with Crippen LogP contribution in [0.15, 0.2) is 66.4 Å². The van der Waals surface area contributed by atoms with Crippen molar-refractivity contribution in [3.05, 3.63) is 72.0 Å². The minimum atomic E-state index is -0.114. The van der Waals surface area contributed by atoms with E-state index in [-0.39, 0.29) is 5.91 Å². The van der Waals surface area contributed by atoms with Crippen molar-refractivity contribution in [3.63, 3.8) is 0 Å². The quantitative estimate of drug-likeness (QED) is 0.864. The molecule has 0 spiro atoms. The SMILES string of the molecule is CN(C(=O)C1=C(c2ccccc2)SCCO1)c1ccccc1. The highest BCUT2D eigenvalue weighted by atomic mass is 32.2. The average Bonchev–Trinajstić information content (AvgIpc) is 2.62. The van der Waals surface area contributed by atoms with E-state index < -0.39 is 0 Å². The number of carbonyl (C=O) groups excluding carboxylic acids is 1. The Labute approximate surface area is 134 Å². The normalized spacial score (nSPS) is 14.4. The Morgan fingerprint density at radius 2 is 1.68 bits per heavy atom. The van der Waals surface area contributed by atoms with Crippen LogP contribution in [0.2, 0.25) is 0 Å². The number of rotatable bonds is 3. The smallest absolute Gasteiger partial charge is 0.294 e. The van der Waals surface area contributed by atoms with E-state index in [1.165, 1.54) is 0 Å². The molecule has 0 unspecified atom stereocenters. The molecule has 0 aromatic heterocycles. The van der Waals surface area contributed by atoms with Gasteiger partial charge in [-0.15, -0.1) is 11.8 Å². The van der Waals surface area contributed by atoms with Gasteiger partial charge in [-0.25, -0.2) is 0 Å². The van der Waals surface area contributed by atoms with Crippen molar-refractivity contribution in [1.82, 2.24) is 0 Å². The van der Waals surface area contributed by atoms with Crippen molar-refractivity contribution in [2.45, 2.75) is 0 Å². The van der Waals surface area contributed by atoms with Gasteiger partial charge in [0.2, 0.25) is 0 Å². The summed E-state index contributed by atoms with van der Waals surface area (Å²) in [6, 6.07) is 19.5. The summed E-state index contributed by atoms with van der Waals surface area (Å²) in [6.07, 6.45) is 0. The fraction of sp³-hybridized carbons (Fsp3) is 0.167. The predicted octanol–water partition coefficient (Wildman–Crippen LogP) is 3.78. The molecule has 3 nitrogen and oxygen atoms in total. The van der Waals surface area contributed by atoms with E-state index >= 15 is 0 Å². The molecule has 0 saturated heterocycles. The lowest BCUT2D eigenvalue weighted by molar-refractivity contribution is -0.118. The molecule has 0 bridgehead atoms. The van der Waals surface area contributed by atoms with Crippen molar-refractivity contribution in [1.29, 1.82) is 0 Å². The molecule has 0 atom stereocenters. The van der Waals surface area contributed by atoms with Crippen LogP contribution in [-0.4, -0.2) is 25.3 Å². The number of ether oxygens (including phenoxy) is 1. The first-order chi connectivity index (χ1) is 10.8. The van der Waals surface area contributed by atoms with Crippen LogP contribution in [0.4, 0.5) is 5.69 Å². The molecule has 2 aromatic rings. The maximum Gasteiger partial charge on any atom is 0.294 e. The van der Waals surface area contributed by atoms with Crippen LogP contribution in [0.25, 0.3) is 4.91 Å². The predicted molar refractivity (Wildman–Crippen MR) is 91.6 cm³/mol. The molecule has 1 aliphatic heterocycles. The Morgan fingerprint density at radius 1 is 1.05 bits per heavy atom. The first-order valence-electron chi connectivity index (χ1n) is 7.16. The van der Waals surface area contributed by atoms with Crippen LogP contribution in [0.1, 0.15) is 5.56 Å². The first kappa shape index (κ1) is 14.7. The van der Waals surface area contributed by atoms with Gasteiger partial charge in [-0.1, -0.05) is 48.5 Å². The lowest BCUT2D eigenvalue weighted by Gasteiger charge is -2.24. The zero-order valence-corrected chi connectivity index (χ0v) is 13.2. The van der Waals surface area contributed by atoms with Crippen molar-refractivity contribution >= 4 is 28.3 Å². The molecule has 4 heteroatoms. The highest BCUT2D eigenvalue weighted by Crippen LogP contribution is 2.35. The summed E-state index contributed by atoms with van der Waals surface area (Å²) < 4.78 is 5.72. The van der Waals surface area contributed by atoms with Crippen molar-refractivity contribution in [2.75, 3.05) is 24.3 Å². The van der Waals surface area contributed by atoms with E-state index in [1.807, 2.05) is 60.7 Å². The molecule has 0 radical (unpaired) electrons. The number of hydrogen-bond acceptors (Lipinski definition) is 3. The van der Waals surface area contributed by atoms with E-state index in [2.05, 4.69) is 0 Å². The Balaban J connectivity index is 1.96. The van der Waals surface area contributed by atoms with Gasteiger partial charge in [0, 0.05) is 18.5 Å². The summed E-state index contributed by atoms with van der Waals surface area (Å²) in [4.78, 5) is 15.4. The van der Waals surface area contributed by atoms with Gasteiger partial charge in [0.25, 0.3) is 5.91 Å². The second-order valence-corrected chi connectivity index (χ2v) is 6.03. The maximum absolute atomic E-state index is 12.8. The number of thioether (sulfide) groups is 1. The number of para-hydroxylation sites is 1. The van der Waals surface area contributed by atoms with E-state index in [0.29, 0.717) is 12.4 Å². The van der Waals surface area contributed by atoms with Crippen LogP contribution in [0.5, 0.6) is 0 Å². The molecule has 0 aliphatic carbocycles. The fourth-order valence-corrected chi connectivity index (χ4v) is 3.25. The van der Waals surface area contributed by atoms with Crippen molar-refractivity contribution < 1.29 is 9.53 Å². The summed E-state index contributed by atoms with van der Waals surface area (Å²) in [7, 11) is 1.77. The second kappa shape index (κ2) is 6.71. The molecule has 1 amide bonds. The topological polar surface area (TPSA) is 29.5 Å². The molecule has 1 heterocycles. The number of likely N-dealkylation sites (N-methyl/N-ethyl adjacent to an activating group) is 1. The summed E-state index contributed by atoms with van der Waals surface area (Å²) in [5, 5.41) is 0. The van der Waals surface area contributed by atoms with Crippen LogP contribution in [0, 0.1) is 0 Å². The van der Waals surface area contributed by atoms with E-state index in [9.17, 15) is 4.79 Å². The number of nitrogens with zero attached hydrogens (tertiary/aromatic N) is 1. The van der Waals surface area contributed by atoms with Gasteiger partial charge < -0.3 is 9.64 Å². The van der Waals surface area contributed by atoms with Gasteiger partial charge >= 0.3 is 0 Å². The minimum absolute atomic E-state index is 0.114. The van der Waals surface area contributed by atoms with Gasteiger partial charge in [-0.2, -0.15) is 0 Å². The molecule has 22 heavy (non-hydrogen) atoms. The van der Waals surface area contributed by atoms with Crippen LogP contribution in [0.3, 0.4) is 0 Å². The fourth-order valence-electron chi connectivity index (χ4n) is 2.30. The van der Waals surface area contributed by atoms with Crippen LogP contribution < -0.4 is 4.90 Å². The lowest BCUT2D eigenvalue weighted by atomic mass is 10.2. The third kappa shape index (κ3) is 3.02. The van der Waals surface area contributed by atoms with Crippen LogP contribution in [-0.2, 0) is 9.53 Å². The van der Waals surface area contributed by atoms with Gasteiger partial charge in [0.05, 0.1) is 11.5 Å². The summed E-state index contributed by atoms with van der Waals surface area (Å²) in [5.74, 6) is 1.18. The number of amides is 1. The molecule has 112 valence electrons. The molecule has 0 fully saturated rings. The van der Waals surface area contributed by atoms with E-state index in [1.54, 1.807) is 23.7 Å². The van der Waals surface area contributed by atoms with Gasteiger partial charge in [0.15, 0.2) is 5.76 Å². The van der Waals surface area contributed by atoms with E-state index in [0.717, 1.165) is 21.9 Å². The number of anilines is 1. The zero-order valence-electron chi connectivity index (χ0n) is 12.4. The highest BCUT2D eigenvalue weighted by Gasteiger charge is 2.26. The monoisotopic (exact) mass is 311 g/mol. The number of hydrogen-bond donors (Lipinski definition) is 0. The molecular formula is C18H17NO2S. The Bertz CT molecular complexity index is 683. The first-order valence-corrected chi connectivity index (χ1v) is 8.14. The molecule has 3 rings (SSSR count). The van der Waals surface area contributed by atoms with E-state index in [4.69, 9.17) is 4.74 Å². The lowest BCUT2D eigenvalue weighted by Crippen LogP contribution is -2.30. The zero-order chi connectivity index (χ0) is 15.4. The largest absolute Gasteiger partial charge is 0.486 e. The van der Waals surface area contributed by atoms with Crippen molar-refractivity contribution in [3.8, 4) is 0 Å². The number of carbonyl (C=O) groups is 1. The molecular weight excluding hydrogens is 294 g/mol. The summed E-state index contributed by atoms with van der Waals surface area (Å²) >= 11 is 1.67. The third-order valence-electron chi connectivity index (χ3n) is 3.46. The highest BCUT2D eigenvalue weighted by molar-refractivity contribution is 8.08. The molecule has 0 N–H and O–H groups in total. The van der Waals surface area contributed by atoms with Crippen molar-refractivity contribution in [2.24, 2.45) is 0 Å². The maximum atomic E-state index is 12.8. The third-order valence-corrected chi connectivity index (χ3v) is 4.54. The molecule has 2 aromatic carbocycles. The van der Waals surface area contributed by atoms with Gasteiger partial charge in [0.1, 0.15) is 0 Å². The Kier molecular flexibility index (Phi) is 4.49.